The van der Waals surface area contributed by atoms with Crippen molar-refractivity contribution in [2.24, 2.45) is 0 Å². The molecule has 0 atom stereocenters. The van der Waals surface area contributed by atoms with Crippen molar-refractivity contribution in [1.29, 1.82) is 0 Å². The van der Waals surface area contributed by atoms with Crippen molar-refractivity contribution in [2.45, 2.75) is 6.42 Å². The molecule has 0 aliphatic rings. The molecule has 12 heavy (non-hydrogen) atoms. The van der Waals surface area contributed by atoms with Crippen molar-refractivity contribution in [1.82, 2.24) is 0 Å². The van der Waals surface area contributed by atoms with E-state index in [1.54, 1.807) is 7.11 Å². The van der Waals surface area contributed by atoms with Gasteiger partial charge in [-0.3, -0.25) is 0 Å². The van der Waals surface area contributed by atoms with Gasteiger partial charge in [0.1, 0.15) is 5.75 Å². The van der Waals surface area contributed by atoms with E-state index in [9.17, 15) is 0 Å². The third-order valence-electron chi connectivity index (χ3n) is 1.65. The van der Waals surface area contributed by atoms with E-state index in [0.29, 0.717) is 6.54 Å². The van der Waals surface area contributed by atoms with E-state index >= 15 is 0 Å². The molecule has 0 bridgehead atoms. The first kappa shape index (κ1) is 8.61. The second kappa shape index (κ2) is 4.40. The minimum absolute atomic E-state index is 0.549. The quantitative estimate of drug-likeness (QED) is 0.619. The Kier molecular flexibility index (Phi) is 3.16. The average molecular weight is 161 g/mol. The zero-order valence-electron chi connectivity index (χ0n) is 7.08. The largest absolute Gasteiger partial charge is 0.497 e. The van der Waals surface area contributed by atoms with E-state index in [1.165, 1.54) is 0 Å². The Balaban J connectivity index is 2.67. The number of ether oxygens (including phenoxy) is 1. The van der Waals surface area contributed by atoms with Crippen LogP contribution in [0, 0.1) is 6.57 Å². The number of rotatable bonds is 3. The number of nitrogens with zero attached hydrogens (tertiary/aromatic N) is 1. The highest BCUT2D eigenvalue weighted by atomic mass is 16.5. The van der Waals surface area contributed by atoms with E-state index < -0.39 is 0 Å². The minimum atomic E-state index is 0.549. The first-order valence-corrected chi connectivity index (χ1v) is 3.83. The van der Waals surface area contributed by atoms with E-state index in [0.717, 1.165) is 17.7 Å². The minimum Gasteiger partial charge on any atom is -0.497 e. The molecule has 0 aliphatic heterocycles. The topological polar surface area (TPSA) is 13.6 Å². The van der Waals surface area contributed by atoms with Gasteiger partial charge in [-0.05, 0) is 17.7 Å². The lowest BCUT2D eigenvalue weighted by Gasteiger charge is -2.00. The smallest absolute Gasteiger partial charge is 0.218 e. The highest BCUT2D eigenvalue weighted by Gasteiger charge is 1.96. The molecule has 0 saturated heterocycles. The van der Waals surface area contributed by atoms with Gasteiger partial charge in [-0.1, -0.05) is 12.1 Å². The summed E-state index contributed by atoms with van der Waals surface area (Å²) in [4.78, 5) is 3.30. The van der Waals surface area contributed by atoms with Crippen LogP contribution in [0.15, 0.2) is 24.3 Å². The lowest BCUT2D eigenvalue weighted by atomic mass is 10.1. The molecule has 62 valence electrons. The van der Waals surface area contributed by atoms with Gasteiger partial charge in [-0.15, -0.1) is 0 Å². The fourth-order valence-corrected chi connectivity index (χ4v) is 1.01. The Hall–Kier alpha value is -1.49. The first-order valence-electron chi connectivity index (χ1n) is 3.83. The van der Waals surface area contributed by atoms with E-state index in [2.05, 4.69) is 4.85 Å². The molecule has 2 nitrogen and oxygen atoms in total. The van der Waals surface area contributed by atoms with E-state index in [1.807, 2.05) is 24.3 Å². The maximum absolute atomic E-state index is 6.64. The van der Waals surface area contributed by atoms with Crippen molar-refractivity contribution in [3.63, 3.8) is 0 Å². The van der Waals surface area contributed by atoms with Crippen LogP contribution in [0.25, 0.3) is 4.85 Å². The van der Waals surface area contributed by atoms with Crippen LogP contribution in [0.3, 0.4) is 0 Å². The molecular weight excluding hydrogens is 150 g/mol. The van der Waals surface area contributed by atoms with Crippen LogP contribution in [-0.2, 0) is 6.42 Å². The average Bonchev–Trinajstić information content (AvgIpc) is 2.15. The fraction of sp³-hybridized carbons (Fsp3) is 0.300. The lowest BCUT2D eigenvalue weighted by molar-refractivity contribution is 0.414. The Morgan fingerprint density at radius 3 is 3.00 bits per heavy atom. The second-order valence-corrected chi connectivity index (χ2v) is 2.48. The summed E-state index contributed by atoms with van der Waals surface area (Å²) < 4.78 is 5.06. The van der Waals surface area contributed by atoms with Crippen molar-refractivity contribution in [3.05, 3.63) is 41.2 Å². The van der Waals surface area contributed by atoms with Gasteiger partial charge >= 0.3 is 0 Å². The zero-order valence-corrected chi connectivity index (χ0v) is 7.08. The summed E-state index contributed by atoms with van der Waals surface area (Å²) in [5.74, 6) is 0.859. The standard InChI is InChI=1S/C10H11NO/c1-11-7-6-9-4-3-5-10(8-9)12-2/h3-5,8H,6-7H2,2H3. The van der Waals surface area contributed by atoms with Gasteiger partial charge in [0, 0.05) is 6.42 Å². The molecule has 0 amide bonds. The molecular formula is C10H11NO. The van der Waals surface area contributed by atoms with Gasteiger partial charge in [-0.2, -0.15) is 0 Å². The molecule has 1 aromatic rings. The van der Waals surface area contributed by atoms with E-state index in [-0.39, 0.29) is 0 Å². The molecule has 0 aliphatic carbocycles. The highest BCUT2D eigenvalue weighted by Crippen LogP contribution is 2.12. The summed E-state index contributed by atoms with van der Waals surface area (Å²) in [5.41, 5.74) is 1.16. The van der Waals surface area contributed by atoms with Crippen molar-refractivity contribution in [3.8, 4) is 5.75 Å². The Morgan fingerprint density at radius 1 is 1.50 bits per heavy atom. The molecule has 2 heteroatoms. The summed E-state index contributed by atoms with van der Waals surface area (Å²) in [7, 11) is 1.65. The Labute approximate surface area is 72.6 Å². The molecule has 0 saturated carbocycles. The van der Waals surface area contributed by atoms with Crippen LogP contribution >= 0.6 is 0 Å². The number of methoxy groups -OCH3 is 1. The van der Waals surface area contributed by atoms with Gasteiger partial charge in [-0.25, -0.2) is 6.57 Å². The summed E-state index contributed by atoms with van der Waals surface area (Å²) in [6, 6.07) is 7.82. The predicted octanol–water partition coefficient (Wildman–Crippen LogP) is 2.16. The van der Waals surface area contributed by atoms with Crippen LogP contribution < -0.4 is 4.74 Å². The first-order chi connectivity index (χ1) is 5.86. The summed E-state index contributed by atoms with van der Waals surface area (Å²) in [6.07, 6.45) is 0.806. The van der Waals surface area contributed by atoms with Crippen LogP contribution in [0.1, 0.15) is 5.56 Å². The van der Waals surface area contributed by atoms with E-state index in [4.69, 9.17) is 11.3 Å². The van der Waals surface area contributed by atoms with Crippen LogP contribution in [-0.4, -0.2) is 13.7 Å². The molecule has 0 heterocycles. The van der Waals surface area contributed by atoms with Gasteiger partial charge in [0.25, 0.3) is 0 Å². The van der Waals surface area contributed by atoms with Crippen molar-refractivity contribution < 1.29 is 4.74 Å². The molecule has 0 fully saturated rings. The molecule has 1 aromatic carbocycles. The normalized spacial score (nSPS) is 9.00. The van der Waals surface area contributed by atoms with Crippen LogP contribution in [0.2, 0.25) is 0 Å². The summed E-state index contributed by atoms with van der Waals surface area (Å²) in [5, 5.41) is 0. The molecule has 0 radical (unpaired) electrons. The van der Waals surface area contributed by atoms with Crippen molar-refractivity contribution in [2.75, 3.05) is 13.7 Å². The van der Waals surface area contributed by atoms with Gasteiger partial charge in [0.15, 0.2) is 0 Å². The third kappa shape index (κ3) is 2.28. The van der Waals surface area contributed by atoms with Gasteiger partial charge in [0.05, 0.1) is 7.11 Å². The maximum atomic E-state index is 6.64. The zero-order chi connectivity index (χ0) is 8.81. The molecule has 0 spiro atoms. The fourth-order valence-electron chi connectivity index (χ4n) is 1.01. The Bertz CT molecular complexity index is 288. The molecule has 0 aromatic heterocycles. The Morgan fingerprint density at radius 2 is 2.33 bits per heavy atom. The summed E-state index contributed by atoms with van der Waals surface area (Å²) in [6.45, 7) is 7.19. The van der Waals surface area contributed by atoms with Crippen molar-refractivity contribution >= 4 is 0 Å². The lowest BCUT2D eigenvalue weighted by Crippen LogP contribution is -1.89. The predicted molar refractivity (Wildman–Crippen MR) is 48.2 cm³/mol. The number of benzene rings is 1. The molecule has 0 N–H and O–H groups in total. The highest BCUT2D eigenvalue weighted by molar-refractivity contribution is 5.28. The summed E-state index contributed by atoms with van der Waals surface area (Å²) >= 11 is 0. The third-order valence-corrected chi connectivity index (χ3v) is 1.65. The number of hydrogen-bond donors (Lipinski definition) is 0. The van der Waals surface area contributed by atoms with Gasteiger partial charge < -0.3 is 9.58 Å². The second-order valence-electron chi connectivity index (χ2n) is 2.48. The molecule has 0 unspecified atom stereocenters. The molecule has 1 rings (SSSR count). The monoisotopic (exact) mass is 161 g/mol. The van der Waals surface area contributed by atoms with Crippen LogP contribution in [0.4, 0.5) is 0 Å². The SMILES string of the molecule is [C-]#[N+]CCc1cccc(OC)c1. The van der Waals surface area contributed by atoms with Gasteiger partial charge in [0.2, 0.25) is 6.54 Å². The van der Waals surface area contributed by atoms with Crippen LogP contribution in [0.5, 0.6) is 5.75 Å². The maximum Gasteiger partial charge on any atom is 0.218 e. The number of hydrogen-bond acceptors (Lipinski definition) is 1.